The molecule has 1 saturated heterocycles. The molecule has 1 aliphatic heterocycles. The van der Waals surface area contributed by atoms with E-state index in [-0.39, 0.29) is 17.6 Å². The third kappa shape index (κ3) is 4.10. The number of rotatable bonds is 5. The van der Waals surface area contributed by atoms with Crippen molar-refractivity contribution < 1.29 is 14.3 Å². The van der Waals surface area contributed by atoms with Gasteiger partial charge in [0.25, 0.3) is 0 Å². The minimum atomic E-state index is -0.981. The van der Waals surface area contributed by atoms with Crippen LogP contribution in [0, 0.1) is 6.92 Å². The third-order valence-electron chi connectivity index (χ3n) is 5.83. The average molecular weight is 534 g/mol. The molecule has 1 aliphatic rings. The van der Waals surface area contributed by atoms with E-state index in [1.807, 2.05) is 60.4 Å². The minimum absolute atomic E-state index is 0.206. The Morgan fingerprint density at radius 2 is 1.97 bits per heavy atom. The molecule has 0 bridgehead atoms. The number of furan rings is 1. The number of aryl methyl sites for hydroxylation is 1. The number of halogens is 1. The number of benzene rings is 2. The van der Waals surface area contributed by atoms with Gasteiger partial charge < -0.3 is 19.7 Å². The molecule has 8 heteroatoms. The maximum absolute atomic E-state index is 11.4. The number of aromatic nitrogens is 1. The van der Waals surface area contributed by atoms with Crippen LogP contribution in [0.2, 0.25) is 0 Å². The van der Waals surface area contributed by atoms with Crippen molar-refractivity contribution >= 4 is 44.9 Å². The van der Waals surface area contributed by atoms with Crippen LogP contribution < -0.4 is 10.2 Å². The van der Waals surface area contributed by atoms with Crippen LogP contribution in [-0.2, 0) is 0 Å². The summed E-state index contributed by atoms with van der Waals surface area (Å²) in [5.74, 6) is 0.299. The van der Waals surface area contributed by atoms with E-state index in [1.165, 1.54) is 0 Å². The van der Waals surface area contributed by atoms with Gasteiger partial charge in [-0.15, -0.1) is 0 Å². The van der Waals surface area contributed by atoms with Crippen molar-refractivity contribution in [2.45, 2.75) is 19.0 Å². The predicted octanol–water partition coefficient (Wildman–Crippen LogP) is 6.29. The quantitative estimate of drug-likeness (QED) is 0.292. The Morgan fingerprint density at radius 1 is 1.12 bits per heavy atom. The van der Waals surface area contributed by atoms with Gasteiger partial charge in [-0.1, -0.05) is 34.1 Å². The van der Waals surface area contributed by atoms with Crippen LogP contribution in [0.3, 0.4) is 0 Å². The zero-order valence-electron chi connectivity index (χ0n) is 18.1. The highest BCUT2D eigenvalue weighted by atomic mass is 79.9. The molecule has 2 atom stereocenters. The summed E-state index contributed by atoms with van der Waals surface area (Å²) in [6, 6.07) is 21.8. The molecule has 2 aromatic heterocycles. The molecular formula is C26H20BrN3O3S. The fourth-order valence-electron chi connectivity index (χ4n) is 4.17. The summed E-state index contributed by atoms with van der Waals surface area (Å²) in [5.41, 5.74) is 3.77. The fraction of sp³-hybridized carbons (Fsp3) is 0.115. The van der Waals surface area contributed by atoms with E-state index in [4.69, 9.17) is 16.6 Å². The van der Waals surface area contributed by atoms with E-state index in [0.717, 1.165) is 21.4 Å². The lowest BCUT2D eigenvalue weighted by Crippen LogP contribution is -2.29. The Hall–Kier alpha value is -3.49. The van der Waals surface area contributed by atoms with Crippen molar-refractivity contribution in [3.63, 3.8) is 0 Å². The molecule has 2 aromatic carbocycles. The number of nitrogens with one attached hydrogen (secondary N) is 1. The number of hydrogen-bond acceptors (Lipinski definition) is 4. The summed E-state index contributed by atoms with van der Waals surface area (Å²) in [6.45, 7) is 2.03. The average Bonchev–Trinajstić information content (AvgIpc) is 3.46. The Balaban J connectivity index is 1.60. The van der Waals surface area contributed by atoms with Gasteiger partial charge in [-0.25, -0.2) is 4.79 Å². The molecule has 0 aliphatic carbocycles. The molecule has 170 valence electrons. The SMILES string of the molecule is Cc1cc(N2C(=S)N[C@H](c3ccccn3)[C@H]2c2ccc(-c3cccc(C(=O)O)c3)o2)ccc1Br. The Morgan fingerprint density at radius 3 is 2.71 bits per heavy atom. The molecule has 5 rings (SSSR count). The molecule has 0 spiro atoms. The van der Waals surface area contributed by atoms with Gasteiger partial charge in [0.15, 0.2) is 5.11 Å². The first-order valence-corrected chi connectivity index (χ1v) is 11.8. The van der Waals surface area contributed by atoms with Crippen molar-refractivity contribution in [1.29, 1.82) is 0 Å². The first-order chi connectivity index (χ1) is 16.4. The van der Waals surface area contributed by atoms with Gasteiger partial charge in [0.05, 0.1) is 17.3 Å². The molecular weight excluding hydrogens is 514 g/mol. The van der Waals surface area contributed by atoms with E-state index in [9.17, 15) is 9.90 Å². The number of carboxylic acids is 1. The molecule has 4 aromatic rings. The van der Waals surface area contributed by atoms with Gasteiger partial charge in [0.1, 0.15) is 17.6 Å². The van der Waals surface area contributed by atoms with Crippen molar-refractivity contribution in [1.82, 2.24) is 10.3 Å². The van der Waals surface area contributed by atoms with E-state index >= 15 is 0 Å². The second-order valence-electron chi connectivity index (χ2n) is 8.02. The van der Waals surface area contributed by atoms with Crippen LogP contribution in [0.4, 0.5) is 5.69 Å². The van der Waals surface area contributed by atoms with Crippen molar-refractivity contribution in [3.05, 3.63) is 106 Å². The van der Waals surface area contributed by atoms with Crippen molar-refractivity contribution in [2.24, 2.45) is 0 Å². The topological polar surface area (TPSA) is 78.6 Å². The lowest BCUT2D eigenvalue weighted by molar-refractivity contribution is 0.0697. The molecule has 34 heavy (non-hydrogen) atoms. The number of nitrogens with zero attached hydrogens (tertiary/aromatic N) is 2. The van der Waals surface area contributed by atoms with Gasteiger partial charge in [-0.05, 0) is 79.3 Å². The predicted molar refractivity (Wildman–Crippen MR) is 138 cm³/mol. The lowest BCUT2D eigenvalue weighted by atomic mass is 10.0. The van der Waals surface area contributed by atoms with Crippen molar-refractivity contribution in [3.8, 4) is 11.3 Å². The number of aromatic carboxylic acids is 1. The molecule has 3 heterocycles. The summed E-state index contributed by atoms with van der Waals surface area (Å²) in [7, 11) is 0. The summed E-state index contributed by atoms with van der Waals surface area (Å²) < 4.78 is 7.34. The Bertz CT molecular complexity index is 1390. The van der Waals surface area contributed by atoms with E-state index in [1.54, 1.807) is 24.4 Å². The first-order valence-electron chi connectivity index (χ1n) is 10.6. The third-order valence-corrected chi connectivity index (χ3v) is 7.03. The van der Waals surface area contributed by atoms with Gasteiger partial charge >= 0.3 is 5.97 Å². The van der Waals surface area contributed by atoms with Crippen LogP contribution in [0.25, 0.3) is 11.3 Å². The second-order valence-corrected chi connectivity index (χ2v) is 9.26. The summed E-state index contributed by atoms with van der Waals surface area (Å²) in [4.78, 5) is 18.0. The van der Waals surface area contributed by atoms with Crippen LogP contribution in [0.15, 0.2) is 87.9 Å². The summed E-state index contributed by atoms with van der Waals surface area (Å²) in [6.07, 6.45) is 1.76. The van der Waals surface area contributed by atoms with Crippen LogP contribution in [0.5, 0.6) is 0 Å². The highest BCUT2D eigenvalue weighted by molar-refractivity contribution is 9.10. The van der Waals surface area contributed by atoms with Crippen LogP contribution in [0.1, 0.15) is 39.5 Å². The Labute approximate surface area is 210 Å². The number of anilines is 1. The van der Waals surface area contributed by atoms with Gasteiger partial charge in [0, 0.05) is 21.9 Å². The maximum Gasteiger partial charge on any atom is 0.335 e. The number of thiocarbonyl (C=S) groups is 1. The summed E-state index contributed by atoms with van der Waals surface area (Å²) in [5, 5.41) is 13.4. The van der Waals surface area contributed by atoms with Crippen molar-refractivity contribution in [2.75, 3.05) is 4.90 Å². The molecule has 0 amide bonds. The highest BCUT2D eigenvalue weighted by Gasteiger charge is 2.42. The van der Waals surface area contributed by atoms with Crippen LogP contribution in [-0.4, -0.2) is 21.2 Å². The maximum atomic E-state index is 11.4. The number of carbonyl (C=O) groups is 1. The monoisotopic (exact) mass is 533 g/mol. The lowest BCUT2D eigenvalue weighted by Gasteiger charge is -2.26. The fourth-order valence-corrected chi connectivity index (χ4v) is 4.77. The smallest absolute Gasteiger partial charge is 0.335 e. The van der Waals surface area contributed by atoms with E-state index in [0.29, 0.717) is 22.2 Å². The number of hydrogen-bond donors (Lipinski definition) is 2. The normalized spacial score (nSPS) is 17.6. The van der Waals surface area contributed by atoms with E-state index < -0.39 is 5.97 Å². The number of carboxylic acid groups (broad SMARTS) is 1. The first kappa shape index (κ1) is 22.3. The zero-order chi connectivity index (χ0) is 23.8. The molecule has 6 nitrogen and oxygen atoms in total. The van der Waals surface area contributed by atoms with Gasteiger partial charge in [0.2, 0.25) is 0 Å². The van der Waals surface area contributed by atoms with Crippen LogP contribution >= 0.6 is 28.1 Å². The summed E-state index contributed by atoms with van der Waals surface area (Å²) >= 11 is 9.34. The molecule has 0 radical (unpaired) electrons. The molecule has 0 unspecified atom stereocenters. The highest BCUT2D eigenvalue weighted by Crippen LogP contribution is 2.43. The zero-order valence-corrected chi connectivity index (χ0v) is 20.5. The largest absolute Gasteiger partial charge is 0.478 e. The number of pyridine rings is 1. The molecule has 2 N–H and O–H groups in total. The standard InChI is InChI=1S/C26H20BrN3O3S/c1-15-13-18(8-9-19(15)27)30-24(23(29-26(30)34)20-7-2-3-12-28-20)22-11-10-21(33-22)16-5-4-6-17(14-16)25(31)32/h2-14,23-24H,1H3,(H,29,34)(H,31,32)/t23-,24-/m1/s1. The van der Waals surface area contributed by atoms with Gasteiger partial charge in [-0.2, -0.15) is 0 Å². The minimum Gasteiger partial charge on any atom is -0.478 e. The molecule has 0 saturated carbocycles. The second kappa shape index (κ2) is 9.04. The van der Waals surface area contributed by atoms with Gasteiger partial charge in [-0.3, -0.25) is 4.98 Å². The Kier molecular flexibility index (Phi) is 5.93. The molecule has 1 fully saturated rings. The van der Waals surface area contributed by atoms with E-state index in [2.05, 4.69) is 32.3 Å².